The van der Waals surface area contributed by atoms with Crippen molar-refractivity contribution in [3.8, 4) is 11.5 Å². The molecule has 1 aromatic rings. The molecular weight excluding hydrogens is 298 g/mol. The Hall–Kier alpha value is -2.24. The van der Waals surface area contributed by atoms with Crippen LogP contribution in [0.3, 0.4) is 0 Å². The van der Waals surface area contributed by atoms with Gasteiger partial charge in [0.2, 0.25) is 0 Å². The van der Waals surface area contributed by atoms with Gasteiger partial charge in [-0.05, 0) is 24.5 Å². The summed E-state index contributed by atoms with van der Waals surface area (Å²) >= 11 is 0. The van der Waals surface area contributed by atoms with Crippen molar-refractivity contribution in [3.05, 3.63) is 24.3 Å². The zero-order valence-corrected chi connectivity index (χ0v) is 13.7. The number of carboxylic acid groups (broad SMARTS) is 1. The lowest BCUT2D eigenvalue weighted by Crippen LogP contribution is -2.41. The molecule has 6 nitrogen and oxygen atoms in total. The largest absolute Gasteiger partial charge is 0.493 e. The first kappa shape index (κ1) is 17.1. The molecule has 0 aliphatic carbocycles. The fraction of sp³-hybridized carbons (Fsp3) is 0.529. The lowest BCUT2D eigenvalue weighted by atomic mass is 9.76. The Morgan fingerprint density at radius 2 is 1.96 bits per heavy atom. The summed E-state index contributed by atoms with van der Waals surface area (Å²) in [6.07, 6.45) is 0.473. The predicted octanol–water partition coefficient (Wildman–Crippen LogP) is 2.03. The quantitative estimate of drug-likeness (QED) is 0.867. The third-order valence-corrected chi connectivity index (χ3v) is 4.60. The minimum absolute atomic E-state index is 0.0343. The van der Waals surface area contributed by atoms with E-state index in [0.29, 0.717) is 24.5 Å². The van der Waals surface area contributed by atoms with Crippen molar-refractivity contribution in [1.29, 1.82) is 0 Å². The van der Waals surface area contributed by atoms with Crippen LogP contribution in [0.25, 0.3) is 0 Å². The van der Waals surface area contributed by atoms with Crippen LogP contribution >= 0.6 is 0 Å². The highest BCUT2D eigenvalue weighted by Crippen LogP contribution is 2.38. The fourth-order valence-electron chi connectivity index (χ4n) is 2.91. The van der Waals surface area contributed by atoms with E-state index in [1.54, 1.807) is 23.1 Å². The van der Waals surface area contributed by atoms with Gasteiger partial charge in [0.05, 0.1) is 12.5 Å². The molecule has 6 heteroatoms. The number of likely N-dealkylation sites (tertiary alicyclic amines) is 1. The number of carbonyl (C=O) groups excluding carboxylic acids is 1. The molecule has 126 valence electrons. The second kappa shape index (κ2) is 6.89. The number of carbonyl (C=O) groups is 2. The minimum Gasteiger partial charge on any atom is -0.493 e. The Labute approximate surface area is 136 Å². The topological polar surface area (TPSA) is 76.1 Å². The second-order valence-corrected chi connectivity index (χ2v) is 6.12. The van der Waals surface area contributed by atoms with Crippen LogP contribution in [0.15, 0.2) is 24.3 Å². The van der Waals surface area contributed by atoms with Crippen LogP contribution in [0.1, 0.15) is 20.3 Å². The molecule has 0 saturated carbocycles. The van der Waals surface area contributed by atoms with Gasteiger partial charge in [-0.3, -0.25) is 9.59 Å². The van der Waals surface area contributed by atoms with E-state index in [-0.39, 0.29) is 25.0 Å². The normalized spacial score (nSPS) is 20.6. The smallest absolute Gasteiger partial charge is 0.311 e. The van der Waals surface area contributed by atoms with Crippen LogP contribution in [0.4, 0.5) is 0 Å². The molecule has 1 aliphatic heterocycles. The number of methoxy groups -OCH3 is 1. The Bertz CT molecular complexity index is 586. The fourth-order valence-corrected chi connectivity index (χ4v) is 2.91. The van der Waals surface area contributed by atoms with Crippen molar-refractivity contribution in [3.63, 3.8) is 0 Å². The van der Waals surface area contributed by atoms with Gasteiger partial charge in [0.1, 0.15) is 0 Å². The van der Waals surface area contributed by atoms with E-state index in [1.807, 2.05) is 19.9 Å². The summed E-state index contributed by atoms with van der Waals surface area (Å²) in [6.45, 7) is 4.31. The molecule has 1 amide bonds. The number of hydrogen-bond acceptors (Lipinski definition) is 4. The van der Waals surface area contributed by atoms with Gasteiger partial charge in [0.15, 0.2) is 18.1 Å². The predicted molar refractivity (Wildman–Crippen MR) is 84.6 cm³/mol. The van der Waals surface area contributed by atoms with E-state index in [1.165, 1.54) is 7.11 Å². The Morgan fingerprint density at radius 3 is 2.48 bits per heavy atom. The molecule has 2 rings (SSSR count). The standard InChI is InChI=1S/C17H23NO5/c1-12(2)17(16(20)21)8-9-18(11-17)15(19)10-23-14-7-5-4-6-13(14)22-3/h4-7,12H,8-11H2,1-3H3,(H,20,21). The molecule has 1 saturated heterocycles. The van der Waals surface area contributed by atoms with Crippen molar-refractivity contribution >= 4 is 11.9 Å². The van der Waals surface area contributed by atoms with Crippen LogP contribution in [-0.4, -0.2) is 48.7 Å². The van der Waals surface area contributed by atoms with Gasteiger partial charge < -0.3 is 19.5 Å². The van der Waals surface area contributed by atoms with Gasteiger partial charge in [-0.15, -0.1) is 0 Å². The number of amides is 1. The lowest BCUT2D eigenvalue weighted by molar-refractivity contribution is -0.151. The van der Waals surface area contributed by atoms with E-state index < -0.39 is 11.4 Å². The minimum atomic E-state index is -0.861. The van der Waals surface area contributed by atoms with Gasteiger partial charge in [-0.25, -0.2) is 0 Å². The Kier molecular flexibility index (Phi) is 5.13. The number of benzene rings is 1. The average molecular weight is 321 g/mol. The highest BCUT2D eigenvalue weighted by Gasteiger charge is 2.48. The highest BCUT2D eigenvalue weighted by molar-refractivity contribution is 5.81. The molecule has 1 N–H and O–H groups in total. The van der Waals surface area contributed by atoms with Gasteiger partial charge in [0, 0.05) is 13.1 Å². The van der Waals surface area contributed by atoms with Crippen molar-refractivity contribution in [2.24, 2.45) is 11.3 Å². The summed E-state index contributed by atoms with van der Waals surface area (Å²) in [7, 11) is 1.54. The van der Waals surface area contributed by atoms with Crippen LogP contribution in [-0.2, 0) is 9.59 Å². The summed E-state index contributed by atoms with van der Waals surface area (Å²) in [6, 6.07) is 7.10. The number of aliphatic carboxylic acids is 1. The number of ether oxygens (including phenoxy) is 2. The highest BCUT2D eigenvalue weighted by atomic mass is 16.5. The van der Waals surface area contributed by atoms with Crippen LogP contribution in [0.5, 0.6) is 11.5 Å². The van der Waals surface area contributed by atoms with Crippen LogP contribution in [0.2, 0.25) is 0 Å². The summed E-state index contributed by atoms with van der Waals surface area (Å²) in [5.74, 6) is -0.0271. The molecule has 23 heavy (non-hydrogen) atoms. The molecule has 1 aromatic carbocycles. The number of nitrogens with zero attached hydrogens (tertiary/aromatic N) is 1. The zero-order valence-electron chi connectivity index (χ0n) is 13.7. The number of para-hydroxylation sites is 2. The summed E-state index contributed by atoms with van der Waals surface area (Å²) in [5.41, 5.74) is -0.861. The van der Waals surface area contributed by atoms with Gasteiger partial charge in [-0.1, -0.05) is 26.0 Å². The molecule has 0 spiro atoms. The van der Waals surface area contributed by atoms with Crippen LogP contribution < -0.4 is 9.47 Å². The van der Waals surface area contributed by atoms with Crippen molar-refractivity contribution < 1.29 is 24.2 Å². The van der Waals surface area contributed by atoms with Crippen molar-refractivity contribution in [2.45, 2.75) is 20.3 Å². The maximum atomic E-state index is 12.3. The second-order valence-electron chi connectivity index (χ2n) is 6.12. The molecule has 1 aliphatic rings. The molecule has 0 radical (unpaired) electrons. The third kappa shape index (κ3) is 3.41. The van der Waals surface area contributed by atoms with E-state index in [2.05, 4.69) is 0 Å². The first-order valence-electron chi connectivity index (χ1n) is 7.67. The maximum absolute atomic E-state index is 12.3. The van der Waals surface area contributed by atoms with E-state index in [0.717, 1.165) is 0 Å². The first-order valence-corrected chi connectivity index (χ1v) is 7.67. The SMILES string of the molecule is COc1ccccc1OCC(=O)N1CCC(C(=O)O)(C(C)C)C1. The first-order chi connectivity index (χ1) is 10.9. The lowest BCUT2D eigenvalue weighted by Gasteiger charge is -2.28. The third-order valence-electron chi connectivity index (χ3n) is 4.60. The van der Waals surface area contributed by atoms with Gasteiger partial charge >= 0.3 is 5.97 Å². The van der Waals surface area contributed by atoms with E-state index in [9.17, 15) is 14.7 Å². The monoisotopic (exact) mass is 321 g/mol. The van der Waals surface area contributed by atoms with Crippen LogP contribution in [0, 0.1) is 11.3 Å². The van der Waals surface area contributed by atoms with Gasteiger partial charge in [-0.2, -0.15) is 0 Å². The van der Waals surface area contributed by atoms with Crippen molar-refractivity contribution in [2.75, 3.05) is 26.8 Å². The number of hydrogen-bond donors (Lipinski definition) is 1. The maximum Gasteiger partial charge on any atom is 0.311 e. The average Bonchev–Trinajstić information content (AvgIpc) is 2.99. The molecule has 1 fully saturated rings. The van der Waals surface area contributed by atoms with Gasteiger partial charge in [0.25, 0.3) is 5.91 Å². The summed E-state index contributed by atoms with van der Waals surface area (Å²) in [5, 5.41) is 9.52. The summed E-state index contributed by atoms with van der Waals surface area (Å²) < 4.78 is 10.7. The molecule has 1 atom stereocenters. The zero-order chi connectivity index (χ0) is 17.0. The molecule has 0 aromatic heterocycles. The Balaban J connectivity index is 1.99. The number of rotatable bonds is 6. The summed E-state index contributed by atoms with van der Waals surface area (Å²) in [4.78, 5) is 25.5. The number of carboxylic acids is 1. The molecule has 1 heterocycles. The van der Waals surface area contributed by atoms with Crippen molar-refractivity contribution in [1.82, 2.24) is 4.90 Å². The Morgan fingerprint density at radius 1 is 1.30 bits per heavy atom. The molecule has 0 bridgehead atoms. The van der Waals surface area contributed by atoms with E-state index in [4.69, 9.17) is 9.47 Å². The molecular formula is C17H23NO5. The molecule has 1 unspecified atom stereocenters. The van der Waals surface area contributed by atoms with E-state index >= 15 is 0 Å².